The first kappa shape index (κ1) is 17.7. The summed E-state index contributed by atoms with van der Waals surface area (Å²) in [5, 5.41) is 0. The highest BCUT2D eigenvalue weighted by atomic mass is 16.6. The highest BCUT2D eigenvalue weighted by Gasteiger charge is 2.63. The van der Waals surface area contributed by atoms with Crippen LogP contribution in [0.25, 0.3) is 0 Å². The quantitative estimate of drug-likeness (QED) is 0.203. The molecule has 0 aromatic heterocycles. The average Bonchev–Trinajstić information content (AvgIpc) is 3.21. The molecule has 2 saturated carbocycles. The molecule has 0 aromatic rings. The van der Waals surface area contributed by atoms with Gasteiger partial charge in [0.2, 0.25) is 0 Å². The third-order valence-corrected chi connectivity index (χ3v) is 5.03. The van der Waals surface area contributed by atoms with Gasteiger partial charge in [-0.3, -0.25) is 4.79 Å². The number of hydrogen-bond donors (Lipinski definition) is 0. The van der Waals surface area contributed by atoms with Crippen molar-refractivity contribution in [3.63, 3.8) is 0 Å². The molecule has 2 aliphatic carbocycles. The maximum atomic E-state index is 11.9. The molecule has 7 heteroatoms. The summed E-state index contributed by atoms with van der Waals surface area (Å²) >= 11 is 0. The number of esters is 3. The fourth-order valence-corrected chi connectivity index (χ4v) is 3.90. The standard InChI is InChI=1S/C18H22O7/c1-3-4-5-22-8-10(2)17(20)23-9-14(19)24-15-11-6-12-13(7-11)18(21)25-16(12)15/h3,11-13,15-16H,1-2,4-9H2. The highest BCUT2D eigenvalue weighted by molar-refractivity contribution is 5.89. The number of carbonyl (C=O) groups is 3. The molecule has 0 N–H and O–H groups in total. The number of ether oxygens (including phenoxy) is 4. The predicted octanol–water partition coefficient (Wildman–Crippen LogP) is 1.17. The van der Waals surface area contributed by atoms with Gasteiger partial charge in [0.15, 0.2) is 6.61 Å². The molecule has 2 bridgehead atoms. The lowest BCUT2D eigenvalue weighted by Crippen LogP contribution is -2.37. The fraction of sp³-hybridized carbons (Fsp3) is 0.611. The van der Waals surface area contributed by atoms with Gasteiger partial charge >= 0.3 is 17.9 Å². The molecule has 5 atom stereocenters. The molecule has 3 rings (SSSR count). The van der Waals surface area contributed by atoms with Gasteiger partial charge in [-0.1, -0.05) is 12.7 Å². The van der Waals surface area contributed by atoms with Crippen LogP contribution in [0.1, 0.15) is 19.3 Å². The Bertz CT molecular complexity index is 596. The molecule has 136 valence electrons. The summed E-state index contributed by atoms with van der Waals surface area (Å²) in [5.74, 6) is -1.26. The Morgan fingerprint density at radius 2 is 2.08 bits per heavy atom. The lowest BCUT2D eigenvalue weighted by atomic mass is 9.88. The van der Waals surface area contributed by atoms with Crippen molar-refractivity contribution < 1.29 is 33.3 Å². The van der Waals surface area contributed by atoms with Crippen LogP contribution in [-0.2, 0) is 33.3 Å². The van der Waals surface area contributed by atoms with Gasteiger partial charge in [-0.2, -0.15) is 0 Å². The van der Waals surface area contributed by atoms with E-state index in [1.54, 1.807) is 6.08 Å². The van der Waals surface area contributed by atoms with Crippen molar-refractivity contribution in [3.05, 3.63) is 24.8 Å². The molecular formula is C18H22O7. The van der Waals surface area contributed by atoms with E-state index in [2.05, 4.69) is 13.2 Å². The van der Waals surface area contributed by atoms with Crippen molar-refractivity contribution in [2.75, 3.05) is 19.8 Å². The van der Waals surface area contributed by atoms with Gasteiger partial charge in [0, 0.05) is 11.8 Å². The zero-order valence-electron chi connectivity index (χ0n) is 14.0. The van der Waals surface area contributed by atoms with Gasteiger partial charge in [0.05, 0.1) is 24.7 Å². The van der Waals surface area contributed by atoms with Crippen molar-refractivity contribution in [2.45, 2.75) is 31.5 Å². The Balaban J connectivity index is 1.39. The van der Waals surface area contributed by atoms with Gasteiger partial charge in [0.1, 0.15) is 12.2 Å². The molecule has 0 spiro atoms. The SMILES string of the molecule is C=CCCOCC(=C)C(=O)OCC(=O)OC1C2CC3C(=O)OC1C3C2. The highest BCUT2D eigenvalue weighted by Crippen LogP contribution is 2.55. The second kappa shape index (κ2) is 7.39. The smallest absolute Gasteiger partial charge is 0.344 e. The van der Waals surface area contributed by atoms with E-state index in [1.165, 1.54) is 0 Å². The lowest BCUT2D eigenvalue weighted by molar-refractivity contribution is -0.168. The van der Waals surface area contributed by atoms with Gasteiger partial charge in [-0.25, -0.2) is 9.59 Å². The second-order valence-electron chi connectivity index (χ2n) is 6.67. The monoisotopic (exact) mass is 350 g/mol. The van der Waals surface area contributed by atoms with E-state index in [9.17, 15) is 14.4 Å². The van der Waals surface area contributed by atoms with E-state index >= 15 is 0 Å². The number of fused-ring (bicyclic) bond motifs is 1. The summed E-state index contributed by atoms with van der Waals surface area (Å²) in [7, 11) is 0. The van der Waals surface area contributed by atoms with Crippen LogP contribution in [0, 0.1) is 17.8 Å². The summed E-state index contributed by atoms with van der Waals surface area (Å²) in [6.07, 6.45) is 3.16. The molecule has 3 aliphatic rings. The zero-order valence-corrected chi connectivity index (χ0v) is 14.0. The third kappa shape index (κ3) is 3.61. The van der Waals surface area contributed by atoms with Crippen LogP contribution in [0.5, 0.6) is 0 Å². The molecule has 5 unspecified atom stereocenters. The summed E-state index contributed by atoms with van der Waals surface area (Å²) < 4.78 is 20.8. The molecule has 25 heavy (non-hydrogen) atoms. The van der Waals surface area contributed by atoms with Gasteiger partial charge in [-0.15, -0.1) is 6.58 Å². The maximum Gasteiger partial charge on any atom is 0.344 e. The summed E-state index contributed by atoms with van der Waals surface area (Å²) in [6.45, 7) is 7.10. The Kier molecular flexibility index (Phi) is 5.22. The van der Waals surface area contributed by atoms with E-state index in [-0.39, 0.29) is 42.0 Å². The minimum Gasteiger partial charge on any atom is -0.458 e. The molecular weight excluding hydrogens is 328 g/mol. The van der Waals surface area contributed by atoms with Crippen LogP contribution in [0.4, 0.5) is 0 Å². The van der Waals surface area contributed by atoms with Crippen molar-refractivity contribution in [1.82, 2.24) is 0 Å². The van der Waals surface area contributed by atoms with E-state index in [0.29, 0.717) is 19.4 Å². The van der Waals surface area contributed by atoms with Crippen LogP contribution in [0.2, 0.25) is 0 Å². The van der Waals surface area contributed by atoms with Crippen LogP contribution < -0.4 is 0 Å². The Labute approximate surface area is 145 Å². The summed E-state index contributed by atoms with van der Waals surface area (Å²) in [5.41, 5.74) is 0.129. The second-order valence-corrected chi connectivity index (χ2v) is 6.67. The molecule has 1 heterocycles. The van der Waals surface area contributed by atoms with E-state index < -0.39 is 24.6 Å². The maximum absolute atomic E-state index is 11.9. The summed E-state index contributed by atoms with van der Waals surface area (Å²) in [6, 6.07) is 0. The number of rotatable bonds is 9. The molecule has 1 aliphatic heterocycles. The third-order valence-electron chi connectivity index (χ3n) is 5.03. The lowest BCUT2D eigenvalue weighted by Gasteiger charge is -2.25. The van der Waals surface area contributed by atoms with Gasteiger partial charge < -0.3 is 18.9 Å². The van der Waals surface area contributed by atoms with Crippen LogP contribution in [-0.4, -0.2) is 49.9 Å². The minimum atomic E-state index is -0.698. The first-order chi connectivity index (χ1) is 12.0. The molecule has 0 radical (unpaired) electrons. The molecule has 3 fully saturated rings. The van der Waals surface area contributed by atoms with Crippen molar-refractivity contribution in [3.8, 4) is 0 Å². The Hall–Kier alpha value is -2.15. The van der Waals surface area contributed by atoms with E-state index in [4.69, 9.17) is 18.9 Å². The fourth-order valence-electron chi connectivity index (χ4n) is 3.90. The zero-order chi connectivity index (χ0) is 18.0. The van der Waals surface area contributed by atoms with Crippen LogP contribution >= 0.6 is 0 Å². The van der Waals surface area contributed by atoms with Crippen LogP contribution in [0.3, 0.4) is 0 Å². The van der Waals surface area contributed by atoms with Gasteiger partial charge in [-0.05, 0) is 19.3 Å². The topological polar surface area (TPSA) is 88.1 Å². The van der Waals surface area contributed by atoms with Crippen molar-refractivity contribution >= 4 is 17.9 Å². The van der Waals surface area contributed by atoms with E-state index in [0.717, 1.165) is 6.42 Å². The number of hydrogen-bond acceptors (Lipinski definition) is 7. The molecule has 7 nitrogen and oxygen atoms in total. The largest absolute Gasteiger partial charge is 0.458 e. The Morgan fingerprint density at radius 3 is 2.84 bits per heavy atom. The molecule has 0 aromatic carbocycles. The predicted molar refractivity (Wildman–Crippen MR) is 85.2 cm³/mol. The van der Waals surface area contributed by atoms with E-state index in [1.807, 2.05) is 0 Å². The summed E-state index contributed by atoms with van der Waals surface area (Å²) in [4.78, 5) is 35.4. The molecule has 1 saturated heterocycles. The Morgan fingerprint density at radius 1 is 1.28 bits per heavy atom. The first-order valence-electron chi connectivity index (χ1n) is 8.44. The normalized spacial score (nSPS) is 31.5. The van der Waals surface area contributed by atoms with Crippen LogP contribution in [0.15, 0.2) is 24.8 Å². The minimum absolute atomic E-state index is 0.0350. The number of carbonyl (C=O) groups excluding carboxylic acids is 3. The van der Waals surface area contributed by atoms with Crippen molar-refractivity contribution in [2.24, 2.45) is 17.8 Å². The first-order valence-corrected chi connectivity index (χ1v) is 8.44. The molecule has 0 amide bonds. The van der Waals surface area contributed by atoms with Gasteiger partial charge in [0.25, 0.3) is 0 Å². The average molecular weight is 350 g/mol. The van der Waals surface area contributed by atoms with Crippen molar-refractivity contribution in [1.29, 1.82) is 0 Å².